The molecular weight excluding hydrogens is 918 g/mol. The van der Waals surface area contributed by atoms with Gasteiger partial charge in [-0.25, -0.2) is 4.57 Å². The van der Waals surface area contributed by atoms with Crippen molar-refractivity contribution in [3.8, 4) is 0 Å². The molecule has 2 atom stereocenters. The van der Waals surface area contributed by atoms with E-state index < -0.39 is 26.5 Å². The summed E-state index contributed by atoms with van der Waals surface area (Å²) in [4.78, 5) is 35.2. The molecule has 0 spiro atoms. The van der Waals surface area contributed by atoms with Crippen LogP contribution in [0.15, 0.2) is 60.8 Å². The average molecular weight is 1030 g/mol. The zero-order valence-corrected chi connectivity index (χ0v) is 47.8. The highest BCUT2D eigenvalue weighted by atomic mass is 31.2. The second-order valence-corrected chi connectivity index (χ2v) is 21.7. The van der Waals surface area contributed by atoms with Gasteiger partial charge in [-0.05, 0) is 57.8 Å². The maximum atomic E-state index is 12.7. The normalized spacial score (nSPS) is 13.4. The lowest BCUT2D eigenvalue weighted by atomic mass is 10.0. The lowest BCUT2D eigenvalue weighted by Gasteiger charge is -2.19. The Morgan fingerprint density at radius 3 is 1.14 bits per heavy atom. The van der Waals surface area contributed by atoms with Crippen LogP contribution in [0.25, 0.3) is 0 Å². The van der Waals surface area contributed by atoms with E-state index in [2.05, 4.69) is 74.6 Å². The molecule has 0 rings (SSSR count). The van der Waals surface area contributed by atoms with Gasteiger partial charge in [-0.2, -0.15) is 0 Å². The van der Waals surface area contributed by atoms with Crippen molar-refractivity contribution >= 4 is 19.8 Å². The zero-order valence-electron chi connectivity index (χ0n) is 46.9. The number of allylic oxidation sites excluding steroid dienone is 10. The Kier molecular flexibility index (Phi) is 56.1. The van der Waals surface area contributed by atoms with Gasteiger partial charge in [0.15, 0.2) is 6.10 Å². The molecule has 0 aliphatic carbocycles. The van der Waals surface area contributed by atoms with E-state index in [4.69, 9.17) is 24.3 Å². The summed E-state index contributed by atoms with van der Waals surface area (Å²) in [5, 5.41) is 0. The Hall–Kier alpha value is -2.29. The van der Waals surface area contributed by atoms with Gasteiger partial charge in [0.2, 0.25) is 0 Å². The summed E-state index contributed by atoms with van der Waals surface area (Å²) in [6.45, 7) is 3.67. The minimum atomic E-state index is -4.39. The van der Waals surface area contributed by atoms with Crippen LogP contribution in [-0.2, 0) is 32.7 Å². The second-order valence-electron chi connectivity index (χ2n) is 20.2. The zero-order chi connectivity index (χ0) is 52.4. The van der Waals surface area contributed by atoms with E-state index in [0.29, 0.717) is 6.42 Å². The molecule has 0 saturated heterocycles. The predicted molar refractivity (Wildman–Crippen MR) is 307 cm³/mol. The van der Waals surface area contributed by atoms with Gasteiger partial charge in [-0.15, -0.1) is 0 Å². The van der Waals surface area contributed by atoms with Crippen LogP contribution in [-0.4, -0.2) is 49.3 Å². The van der Waals surface area contributed by atoms with E-state index in [1.807, 2.05) is 0 Å². The van der Waals surface area contributed by atoms with Gasteiger partial charge >= 0.3 is 19.8 Å². The molecule has 10 heteroatoms. The van der Waals surface area contributed by atoms with Gasteiger partial charge in [-0.3, -0.25) is 18.6 Å². The molecule has 3 N–H and O–H groups in total. The molecule has 0 saturated carbocycles. The van der Waals surface area contributed by atoms with E-state index >= 15 is 0 Å². The number of unbranched alkanes of at least 4 members (excludes halogenated alkanes) is 34. The summed E-state index contributed by atoms with van der Waals surface area (Å²) in [7, 11) is -4.39. The topological polar surface area (TPSA) is 134 Å². The Balaban J connectivity index is 3.94. The number of nitrogens with two attached hydrogens (primary N) is 1. The highest BCUT2D eigenvalue weighted by molar-refractivity contribution is 7.47. The molecule has 0 aromatic carbocycles. The van der Waals surface area contributed by atoms with Gasteiger partial charge in [0.05, 0.1) is 13.2 Å². The SMILES string of the molecule is CC/C=C\C/C=C\C/C=C\C/C=C\C/C=C\CCCCCCCCCCCC(=O)OC(COC(=O)CCCCCCCCCCCCCCCCCCCCCCCCCCCC)COP(=O)(O)OCCN. The minimum absolute atomic E-state index is 0.0516. The lowest BCUT2D eigenvalue weighted by molar-refractivity contribution is -0.161. The Morgan fingerprint density at radius 2 is 0.764 bits per heavy atom. The molecule has 72 heavy (non-hydrogen) atoms. The Morgan fingerprint density at radius 1 is 0.431 bits per heavy atom. The number of phosphoric acid groups is 1. The quantitative estimate of drug-likeness (QED) is 0.0264. The molecule has 420 valence electrons. The molecule has 0 bridgehead atoms. The maximum absolute atomic E-state index is 12.7. The number of phosphoric ester groups is 1. The molecule has 2 unspecified atom stereocenters. The smallest absolute Gasteiger partial charge is 0.462 e. The number of carbonyl (C=O) groups is 2. The molecule has 0 fully saturated rings. The highest BCUT2D eigenvalue weighted by Crippen LogP contribution is 2.43. The molecule has 9 nitrogen and oxygen atoms in total. The first-order valence-electron chi connectivity index (χ1n) is 30.3. The van der Waals surface area contributed by atoms with E-state index in [0.717, 1.165) is 77.0 Å². The summed E-state index contributed by atoms with van der Waals surface area (Å²) in [5.41, 5.74) is 5.39. The van der Waals surface area contributed by atoms with E-state index in [1.54, 1.807) is 0 Å². The van der Waals surface area contributed by atoms with Gasteiger partial charge in [0, 0.05) is 19.4 Å². The first kappa shape index (κ1) is 69.7. The lowest BCUT2D eigenvalue weighted by Crippen LogP contribution is -2.29. The molecule has 0 heterocycles. The number of carbonyl (C=O) groups excluding carboxylic acids is 2. The first-order valence-corrected chi connectivity index (χ1v) is 31.8. The first-order chi connectivity index (χ1) is 35.3. The number of esters is 2. The summed E-state index contributed by atoms with van der Waals surface area (Å²) >= 11 is 0. The average Bonchev–Trinajstić information content (AvgIpc) is 3.37. The molecule has 0 aromatic heterocycles. The summed E-state index contributed by atoms with van der Waals surface area (Å²) in [5.74, 6) is -0.824. The van der Waals surface area contributed by atoms with Gasteiger partial charge in [0.25, 0.3) is 0 Å². The molecule has 0 amide bonds. The second kappa shape index (κ2) is 58.0. The molecular formula is C62H114NO8P. The largest absolute Gasteiger partial charge is 0.472 e. The van der Waals surface area contributed by atoms with Crippen LogP contribution in [0.5, 0.6) is 0 Å². The van der Waals surface area contributed by atoms with Crippen LogP contribution in [0.1, 0.15) is 290 Å². The standard InChI is InChI=1S/C62H114NO8P/c1-3-5-7-9-11-13-15-17-19-21-23-25-27-29-31-32-34-36-38-40-42-44-46-48-50-52-54-61(64)68-58-60(59-70-72(66,67)69-57-56-63)71-62(65)55-53-51-49-47-45-43-41-39-37-35-33-30-28-26-24-22-20-18-16-14-12-10-8-6-4-2/h6,8,12,14,18,20,24,26,30,33,60H,3-5,7,9-11,13,15-17,19,21-23,25,27-29,31-32,34-59,63H2,1-2H3,(H,66,67)/b8-6-,14-12-,20-18-,26-24-,33-30-. The van der Waals surface area contributed by atoms with Crippen LogP contribution in [0.4, 0.5) is 0 Å². The maximum Gasteiger partial charge on any atom is 0.472 e. The summed E-state index contributed by atoms with van der Waals surface area (Å²) in [6, 6.07) is 0. The van der Waals surface area contributed by atoms with Crippen molar-refractivity contribution in [2.45, 2.75) is 296 Å². The van der Waals surface area contributed by atoms with Crippen molar-refractivity contribution in [3.63, 3.8) is 0 Å². The minimum Gasteiger partial charge on any atom is -0.462 e. The summed E-state index contributed by atoms with van der Waals surface area (Å²) in [6.07, 6.45) is 72.8. The molecule has 0 aromatic rings. The third-order valence-electron chi connectivity index (χ3n) is 13.2. The molecule has 0 aliphatic rings. The van der Waals surface area contributed by atoms with Crippen molar-refractivity contribution in [3.05, 3.63) is 60.8 Å². The van der Waals surface area contributed by atoms with Gasteiger partial charge in [0.1, 0.15) is 6.61 Å². The van der Waals surface area contributed by atoms with Crippen molar-refractivity contribution in [2.75, 3.05) is 26.4 Å². The fourth-order valence-electron chi connectivity index (χ4n) is 8.72. The monoisotopic (exact) mass is 1030 g/mol. The van der Waals surface area contributed by atoms with E-state index in [1.165, 1.54) is 180 Å². The van der Waals surface area contributed by atoms with Crippen molar-refractivity contribution in [1.29, 1.82) is 0 Å². The van der Waals surface area contributed by atoms with Gasteiger partial charge < -0.3 is 20.1 Å². The third-order valence-corrected chi connectivity index (χ3v) is 14.2. The Bertz CT molecular complexity index is 1360. The van der Waals surface area contributed by atoms with Crippen molar-refractivity contribution in [2.24, 2.45) is 5.73 Å². The van der Waals surface area contributed by atoms with E-state index in [-0.39, 0.29) is 38.6 Å². The van der Waals surface area contributed by atoms with Crippen molar-refractivity contribution in [1.82, 2.24) is 0 Å². The van der Waals surface area contributed by atoms with Crippen molar-refractivity contribution < 1.29 is 37.6 Å². The van der Waals surface area contributed by atoms with Crippen LogP contribution < -0.4 is 5.73 Å². The fourth-order valence-corrected chi connectivity index (χ4v) is 9.49. The molecule has 0 radical (unpaired) electrons. The fraction of sp³-hybridized carbons (Fsp3) is 0.806. The van der Waals surface area contributed by atoms with Gasteiger partial charge in [-0.1, -0.05) is 280 Å². The predicted octanol–water partition coefficient (Wildman–Crippen LogP) is 19.1. The van der Waals surface area contributed by atoms with Crippen LogP contribution in [0.2, 0.25) is 0 Å². The number of hydrogen-bond acceptors (Lipinski definition) is 8. The van der Waals surface area contributed by atoms with Crippen LogP contribution in [0.3, 0.4) is 0 Å². The Labute approximate surface area is 444 Å². The number of hydrogen-bond donors (Lipinski definition) is 2. The third kappa shape index (κ3) is 57.0. The summed E-state index contributed by atoms with van der Waals surface area (Å²) < 4.78 is 33.1. The number of ether oxygens (including phenoxy) is 2. The highest BCUT2D eigenvalue weighted by Gasteiger charge is 2.26. The number of rotatable bonds is 57. The van der Waals surface area contributed by atoms with Crippen LogP contribution >= 0.6 is 7.82 Å². The molecule has 0 aliphatic heterocycles. The van der Waals surface area contributed by atoms with E-state index in [9.17, 15) is 19.0 Å². The van der Waals surface area contributed by atoms with Crippen LogP contribution in [0, 0.1) is 0 Å².